The normalized spacial score (nSPS) is 19.9. The van der Waals surface area contributed by atoms with E-state index in [1.165, 1.54) is 25.9 Å². The second kappa shape index (κ2) is 6.18. The molecule has 0 N–H and O–H groups in total. The molecule has 0 atom stereocenters. The number of piperidine rings is 1. The fraction of sp³-hybridized carbons (Fsp3) is 0.917. The van der Waals surface area contributed by atoms with Crippen LogP contribution in [0.3, 0.4) is 0 Å². The van der Waals surface area contributed by atoms with Crippen LogP contribution in [-0.4, -0.2) is 30.3 Å². The highest BCUT2D eigenvalue weighted by molar-refractivity contribution is 5.78. The molecule has 0 radical (unpaired) electrons. The van der Waals surface area contributed by atoms with Crippen LogP contribution in [0.25, 0.3) is 0 Å². The van der Waals surface area contributed by atoms with Crippen molar-refractivity contribution in [3.8, 4) is 0 Å². The molecule has 2 heteroatoms. The molecule has 0 spiro atoms. The molecule has 0 amide bonds. The lowest BCUT2D eigenvalue weighted by Gasteiger charge is -2.30. The highest BCUT2D eigenvalue weighted by atomic mass is 16.1. The van der Waals surface area contributed by atoms with E-state index in [1.54, 1.807) is 0 Å². The van der Waals surface area contributed by atoms with Gasteiger partial charge in [-0.2, -0.15) is 0 Å². The van der Waals surface area contributed by atoms with E-state index in [0.29, 0.717) is 11.7 Å². The summed E-state index contributed by atoms with van der Waals surface area (Å²) in [6.45, 7) is 7.84. The third-order valence-electron chi connectivity index (χ3n) is 3.20. The van der Waals surface area contributed by atoms with E-state index < -0.39 is 0 Å². The van der Waals surface area contributed by atoms with Crippen LogP contribution in [0.5, 0.6) is 0 Å². The molecule has 0 saturated carbocycles. The van der Waals surface area contributed by atoms with Gasteiger partial charge in [0, 0.05) is 12.8 Å². The van der Waals surface area contributed by atoms with Gasteiger partial charge in [0.2, 0.25) is 0 Å². The first-order chi connectivity index (χ1) is 6.76. The van der Waals surface area contributed by atoms with Crippen molar-refractivity contribution in [1.29, 1.82) is 0 Å². The molecule has 0 aliphatic carbocycles. The number of carbonyl (C=O) groups is 1. The first kappa shape index (κ1) is 11.7. The topological polar surface area (TPSA) is 20.3 Å². The van der Waals surface area contributed by atoms with Crippen LogP contribution in [0.1, 0.15) is 46.0 Å². The second-order valence-corrected chi connectivity index (χ2v) is 4.37. The van der Waals surface area contributed by atoms with Gasteiger partial charge in [0.1, 0.15) is 5.78 Å². The van der Waals surface area contributed by atoms with Crippen LogP contribution in [0.4, 0.5) is 0 Å². The highest BCUT2D eigenvalue weighted by Crippen LogP contribution is 2.21. The second-order valence-electron chi connectivity index (χ2n) is 4.37. The van der Waals surface area contributed by atoms with Gasteiger partial charge in [-0.15, -0.1) is 0 Å². The van der Waals surface area contributed by atoms with E-state index in [2.05, 4.69) is 18.7 Å². The molecule has 1 saturated heterocycles. The minimum absolute atomic E-state index is 0.474. The van der Waals surface area contributed by atoms with Crippen molar-refractivity contribution in [2.45, 2.75) is 46.0 Å². The zero-order chi connectivity index (χ0) is 10.4. The third-order valence-corrected chi connectivity index (χ3v) is 3.20. The van der Waals surface area contributed by atoms with Gasteiger partial charge in [-0.3, -0.25) is 4.79 Å². The summed E-state index contributed by atoms with van der Waals surface area (Å²) in [5, 5.41) is 0. The van der Waals surface area contributed by atoms with Crippen molar-refractivity contribution in [3.63, 3.8) is 0 Å². The van der Waals surface area contributed by atoms with Gasteiger partial charge in [0.25, 0.3) is 0 Å². The van der Waals surface area contributed by atoms with Crippen molar-refractivity contribution in [2.24, 2.45) is 5.92 Å². The summed E-state index contributed by atoms with van der Waals surface area (Å²) in [6, 6.07) is 0. The van der Waals surface area contributed by atoms with Crippen LogP contribution < -0.4 is 0 Å². The summed E-state index contributed by atoms with van der Waals surface area (Å²) < 4.78 is 0. The highest BCUT2D eigenvalue weighted by Gasteiger charge is 2.19. The maximum Gasteiger partial charge on any atom is 0.133 e. The van der Waals surface area contributed by atoms with Crippen LogP contribution in [-0.2, 0) is 4.79 Å². The van der Waals surface area contributed by atoms with Crippen LogP contribution in [0, 0.1) is 5.92 Å². The van der Waals surface area contributed by atoms with Crippen molar-refractivity contribution in [3.05, 3.63) is 0 Å². The van der Waals surface area contributed by atoms with Gasteiger partial charge >= 0.3 is 0 Å². The lowest BCUT2D eigenvalue weighted by atomic mass is 9.91. The molecular formula is C12H23NO. The first-order valence-corrected chi connectivity index (χ1v) is 6.00. The molecule has 82 valence electrons. The SMILES string of the molecule is CCCC(=O)CC1CCN(CC)CC1. The lowest BCUT2D eigenvalue weighted by molar-refractivity contribution is -0.120. The van der Waals surface area contributed by atoms with E-state index in [9.17, 15) is 4.79 Å². The predicted octanol–water partition coefficient (Wildman–Crippen LogP) is 2.48. The molecule has 2 nitrogen and oxygen atoms in total. The number of carbonyl (C=O) groups excluding carboxylic acids is 1. The number of Topliss-reactive ketones (excluding diaryl/α,β-unsaturated/α-hetero) is 1. The van der Waals surface area contributed by atoms with Gasteiger partial charge in [0.15, 0.2) is 0 Å². The standard InChI is InChI=1S/C12H23NO/c1-3-5-12(14)10-11-6-8-13(4-2)9-7-11/h11H,3-10H2,1-2H3. The van der Waals surface area contributed by atoms with Gasteiger partial charge in [-0.1, -0.05) is 13.8 Å². The number of hydrogen-bond acceptors (Lipinski definition) is 2. The lowest BCUT2D eigenvalue weighted by Crippen LogP contribution is -2.34. The van der Waals surface area contributed by atoms with E-state index in [-0.39, 0.29) is 0 Å². The average molecular weight is 197 g/mol. The minimum Gasteiger partial charge on any atom is -0.304 e. The fourth-order valence-electron chi connectivity index (χ4n) is 2.21. The molecule has 0 aromatic rings. The molecule has 14 heavy (non-hydrogen) atoms. The van der Waals surface area contributed by atoms with Gasteiger partial charge in [-0.05, 0) is 44.8 Å². The molecule has 1 aliphatic rings. The average Bonchev–Trinajstić information content (AvgIpc) is 2.19. The van der Waals surface area contributed by atoms with Crippen molar-refractivity contribution >= 4 is 5.78 Å². The Morgan fingerprint density at radius 2 is 1.93 bits per heavy atom. The Bertz CT molecular complexity index is 171. The monoisotopic (exact) mass is 197 g/mol. The molecular weight excluding hydrogens is 174 g/mol. The summed E-state index contributed by atoms with van der Waals surface area (Å²) in [5.41, 5.74) is 0. The number of rotatable bonds is 5. The molecule has 1 heterocycles. The van der Waals surface area contributed by atoms with Crippen molar-refractivity contribution < 1.29 is 4.79 Å². The Balaban J connectivity index is 2.18. The van der Waals surface area contributed by atoms with Crippen LogP contribution >= 0.6 is 0 Å². The number of ketones is 1. The molecule has 1 aliphatic heterocycles. The molecule has 1 fully saturated rings. The summed E-state index contributed by atoms with van der Waals surface area (Å²) in [5.74, 6) is 1.15. The van der Waals surface area contributed by atoms with Crippen molar-refractivity contribution in [2.75, 3.05) is 19.6 Å². The molecule has 0 aromatic heterocycles. The Kier molecular flexibility index (Phi) is 5.16. The van der Waals surface area contributed by atoms with E-state index >= 15 is 0 Å². The molecule has 1 rings (SSSR count). The third kappa shape index (κ3) is 3.79. The predicted molar refractivity (Wildman–Crippen MR) is 59.4 cm³/mol. The first-order valence-electron chi connectivity index (χ1n) is 6.00. The van der Waals surface area contributed by atoms with Gasteiger partial charge in [0.05, 0.1) is 0 Å². The Morgan fingerprint density at radius 1 is 1.29 bits per heavy atom. The quantitative estimate of drug-likeness (QED) is 0.675. The minimum atomic E-state index is 0.474. The van der Waals surface area contributed by atoms with Gasteiger partial charge < -0.3 is 4.90 Å². The zero-order valence-electron chi connectivity index (χ0n) is 9.59. The van der Waals surface area contributed by atoms with E-state index in [1.807, 2.05) is 0 Å². The summed E-state index contributed by atoms with van der Waals surface area (Å²) in [4.78, 5) is 13.9. The maximum absolute atomic E-state index is 11.4. The van der Waals surface area contributed by atoms with Crippen LogP contribution in [0.2, 0.25) is 0 Å². The van der Waals surface area contributed by atoms with E-state index in [4.69, 9.17) is 0 Å². The largest absolute Gasteiger partial charge is 0.304 e. The molecule has 0 aromatic carbocycles. The van der Waals surface area contributed by atoms with Crippen molar-refractivity contribution in [1.82, 2.24) is 4.90 Å². The Morgan fingerprint density at radius 3 is 2.43 bits per heavy atom. The molecule has 0 bridgehead atoms. The maximum atomic E-state index is 11.4. The number of hydrogen-bond donors (Lipinski definition) is 0. The number of nitrogens with zero attached hydrogens (tertiary/aromatic N) is 1. The Hall–Kier alpha value is -0.370. The summed E-state index contributed by atoms with van der Waals surface area (Å²) in [7, 11) is 0. The van der Waals surface area contributed by atoms with Crippen LogP contribution in [0.15, 0.2) is 0 Å². The summed E-state index contributed by atoms with van der Waals surface area (Å²) in [6.07, 6.45) is 5.08. The molecule has 0 unspecified atom stereocenters. The Labute approximate surface area is 87.7 Å². The smallest absolute Gasteiger partial charge is 0.133 e. The van der Waals surface area contributed by atoms with E-state index in [0.717, 1.165) is 25.8 Å². The summed E-state index contributed by atoms with van der Waals surface area (Å²) >= 11 is 0. The number of likely N-dealkylation sites (tertiary alicyclic amines) is 1. The zero-order valence-corrected chi connectivity index (χ0v) is 9.59. The fourth-order valence-corrected chi connectivity index (χ4v) is 2.21. The van der Waals surface area contributed by atoms with Gasteiger partial charge in [-0.25, -0.2) is 0 Å².